The van der Waals surface area contributed by atoms with Crippen LogP contribution in [0.15, 0.2) is 54.6 Å². The standard InChI is InChI=1S/C24H23Cl2NO4/c1-3-30-23-10-16(13-27-21-11-17(24(28)29)6-4-15(21)2)5-9-22(23)31-14-18-7-8-19(25)12-20(18)26/h4-12,27H,3,13-14H2,1-2H3,(H,28,29). The number of aromatic carboxylic acids is 1. The lowest BCUT2D eigenvalue weighted by Gasteiger charge is -2.15. The van der Waals surface area contributed by atoms with E-state index in [1.54, 1.807) is 30.3 Å². The third kappa shape index (κ3) is 6.06. The van der Waals surface area contributed by atoms with Crippen molar-refractivity contribution in [2.45, 2.75) is 27.0 Å². The van der Waals surface area contributed by atoms with Crippen LogP contribution in [-0.2, 0) is 13.2 Å². The van der Waals surface area contributed by atoms with Gasteiger partial charge in [-0.2, -0.15) is 0 Å². The Balaban J connectivity index is 1.72. The maximum absolute atomic E-state index is 11.2. The molecular weight excluding hydrogens is 437 g/mol. The molecule has 0 atom stereocenters. The summed E-state index contributed by atoms with van der Waals surface area (Å²) < 4.78 is 11.7. The van der Waals surface area contributed by atoms with Crippen LogP contribution in [0.5, 0.6) is 11.5 Å². The van der Waals surface area contributed by atoms with Crippen molar-refractivity contribution >= 4 is 34.9 Å². The fourth-order valence-corrected chi connectivity index (χ4v) is 3.45. The first-order valence-corrected chi connectivity index (χ1v) is 10.5. The number of halogens is 2. The maximum atomic E-state index is 11.2. The summed E-state index contributed by atoms with van der Waals surface area (Å²) in [5.74, 6) is 0.285. The van der Waals surface area contributed by atoms with E-state index < -0.39 is 5.97 Å². The molecule has 0 aromatic heterocycles. The minimum Gasteiger partial charge on any atom is -0.490 e. The van der Waals surface area contributed by atoms with Crippen molar-refractivity contribution in [2.24, 2.45) is 0 Å². The average molecular weight is 460 g/mol. The zero-order valence-corrected chi connectivity index (χ0v) is 18.8. The molecular formula is C24H23Cl2NO4. The Morgan fingerprint density at radius 3 is 2.52 bits per heavy atom. The van der Waals surface area contributed by atoms with Crippen molar-refractivity contribution in [1.29, 1.82) is 0 Å². The Hall–Kier alpha value is -2.89. The molecule has 0 aliphatic rings. The van der Waals surface area contributed by atoms with Gasteiger partial charge in [-0.3, -0.25) is 0 Å². The first kappa shape index (κ1) is 22.8. The molecule has 0 radical (unpaired) electrons. The molecule has 0 aliphatic heterocycles. The van der Waals surface area contributed by atoms with Crippen LogP contribution in [0.1, 0.15) is 34.0 Å². The first-order valence-electron chi connectivity index (χ1n) is 9.77. The van der Waals surface area contributed by atoms with E-state index >= 15 is 0 Å². The van der Waals surface area contributed by atoms with Gasteiger partial charge in [0.05, 0.1) is 12.2 Å². The molecule has 3 aromatic rings. The van der Waals surface area contributed by atoms with E-state index in [1.807, 2.05) is 38.1 Å². The largest absolute Gasteiger partial charge is 0.490 e. The highest BCUT2D eigenvalue weighted by Gasteiger charge is 2.10. The third-order valence-electron chi connectivity index (χ3n) is 4.67. The summed E-state index contributed by atoms with van der Waals surface area (Å²) in [6, 6.07) is 16.0. The summed E-state index contributed by atoms with van der Waals surface area (Å²) in [6.45, 7) is 5.13. The smallest absolute Gasteiger partial charge is 0.335 e. The van der Waals surface area contributed by atoms with Crippen molar-refractivity contribution < 1.29 is 19.4 Å². The lowest BCUT2D eigenvalue weighted by Crippen LogP contribution is -2.05. The molecule has 3 rings (SSSR count). The Kier molecular flexibility index (Phi) is 7.66. The van der Waals surface area contributed by atoms with Crippen LogP contribution in [0, 0.1) is 6.92 Å². The van der Waals surface area contributed by atoms with E-state index in [4.69, 9.17) is 32.7 Å². The van der Waals surface area contributed by atoms with Gasteiger partial charge < -0.3 is 19.9 Å². The Labute approximate surface area is 191 Å². The zero-order valence-electron chi connectivity index (χ0n) is 17.2. The molecule has 31 heavy (non-hydrogen) atoms. The highest BCUT2D eigenvalue weighted by Crippen LogP contribution is 2.31. The minimum atomic E-state index is -0.955. The molecule has 5 nitrogen and oxygen atoms in total. The second kappa shape index (κ2) is 10.4. The molecule has 0 heterocycles. The van der Waals surface area contributed by atoms with Crippen LogP contribution in [-0.4, -0.2) is 17.7 Å². The van der Waals surface area contributed by atoms with E-state index in [0.717, 1.165) is 22.4 Å². The number of rotatable bonds is 9. The highest BCUT2D eigenvalue weighted by molar-refractivity contribution is 6.35. The van der Waals surface area contributed by atoms with Crippen molar-refractivity contribution in [3.8, 4) is 11.5 Å². The van der Waals surface area contributed by atoms with Gasteiger partial charge in [-0.05, 0) is 61.4 Å². The number of ether oxygens (including phenoxy) is 2. The van der Waals surface area contributed by atoms with E-state index in [2.05, 4.69) is 5.32 Å². The topological polar surface area (TPSA) is 67.8 Å². The number of anilines is 1. The molecule has 0 amide bonds. The van der Waals surface area contributed by atoms with Crippen molar-refractivity contribution in [3.63, 3.8) is 0 Å². The SMILES string of the molecule is CCOc1cc(CNc2cc(C(=O)O)ccc2C)ccc1OCc1ccc(Cl)cc1Cl. The van der Waals surface area contributed by atoms with Gasteiger partial charge in [0.25, 0.3) is 0 Å². The monoisotopic (exact) mass is 459 g/mol. The van der Waals surface area contributed by atoms with E-state index in [0.29, 0.717) is 34.7 Å². The molecule has 2 N–H and O–H groups in total. The van der Waals surface area contributed by atoms with Gasteiger partial charge in [0.1, 0.15) is 6.61 Å². The molecule has 0 bridgehead atoms. The summed E-state index contributed by atoms with van der Waals surface area (Å²) in [4.78, 5) is 11.2. The van der Waals surface area contributed by atoms with Gasteiger partial charge in [0, 0.05) is 27.8 Å². The van der Waals surface area contributed by atoms with E-state index in [1.165, 1.54) is 0 Å². The number of carboxylic acid groups (broad SMARTS) is 1. The third-order valence-corrected chi connectivity index (χ3v) is 5.26. The number of carboxylic acids is 1. The number of hydrogen-bond donors (Lipinski definition) is 2. The summed E-state index contributed by atoms with van der Waals surface area (Å²) in [7, 11) is 0. The number of benzene rings is 3. The average Bonchev–Trinajstić information content (AvgIpc) is 2.73. The predicted molar refractivity (Wildman–Crippen MR) is 124 cm³/mol. The minimum absolute atomic E-state index is 0.243. The normalized spacial score (nSPS) is 10.6. The summed E-state index contributed by atoms with van der Waals surface area (Å²) >= 11 is 12.2. The first-order chi connectivity index (χ1) is 14.9. The van der Waals surface area contributed by atoms with Crippen LogP contribution in [0.3, 0.4) is 0 Å². The van der Waals surface area contributed by atoms with Crippen LogP contribution in [0.2, 0.25) is 10.0 Å². The lowest BCUT2D eigenvalue weighted by molar-refractivity contribution is 0.0697. The Morgan fingerprint density at radius 1 is 1.00 bits per heavy atom. The van der Waals surface area contributed by atoms with Gasteiger partial charge in [0.15, 0.2) is 11.5 Å². The molecule has 0 spiro atoms. The molecule has 7 heteroatoms. The molecule has 3 aromatic carbocycles. The fraction of sp³-hybridized carbons (Fsp3) is 0.208. The number of nitrogens with one attached hydrogen (secondary N) is 1. The molecule has 0 saturated carbocycles. The number of carbonyl (C=O) groups is 1. The van der Waals surface area contributed by atoms with Crippen LogP contribution in [0.4, 0.5) is 5.69 Å². The number of hydrogen-bond acceptors (Lipinski definition) is 4. The van der Waals surface area contributed by atoms with Gasteiger partial charge >= 0.3 is 5.97 Å². The van der Waals surface area contributed by atoms with E-state index in [-0.39, 0.29) is 12.2 Å². The van der Waals surface area contributed by atoms with Crippen LogP contribution in [0.25, 0.3) is 0 Å². The Bertz CT molecular complexity index is 1090. The Morgan fingerprint density at radius 2 is 1.81 bits per heavy atom. The summed E-state index contributed by atoms with van der Waals surface area (Å²) in [5, 5.41) is 13.6. The van der Waals surface area contributed by atoms with Gasteiger partial charge in [-0.15, -0.1) is 0 Å². The summed E-state index contributed by atoms with van der Waals surface area (Å²) in [5.41, 5.74) is 3.78. The highest BCUT2D eigenvalue weighted by atomic mass is 35.5. The van der Waals surface area contributed by atoms with Crippen molar-refractivity contribution in [1.82, 2.24) is 0 Å². The zero-order chi connectivity index (χ0) is 22.4. The molecule has 0 aliphatic carbocycles. The van der Waals surface area contributed by atoms with Gasteiger partial charge in [0.2, 0.25) is 0 Å². The maximum Gasteiger partial charge on any atom is 0.335 e. The molecule has 0 fully saturated rings. The molecule has 0 saturated heterocycles. The van der Waals surface area contributed by atoms with Crippen molar-refractivity contribution in [3.05, 3.63) is 86.9 Å². The van der Waals surface area contributed by atoms with Gasteiger partial charge in [-0.25, -0.2) is 4.79 Å². The molecule has 162 valence electrons. The molecule has 0 unspecified atom stereocenters. The lowest BCUT2D eigenvalue weighted by atomic mass is 10.1. The second-order valence-corrected chi connectivity index (χ2v) is 7.77. The van der Waals surface area contributed by atoms with Gasteiger partial charge in [-0.1, -0.05) is 41.4 Å². The van der Waals surface area contributed by atoms with Crippen LogP contribution >= 0.6 is 23.2 Å². The summed E-state index contributed by atoms with van der Waals surface area (Å²) in [6.07, 6.45) is 0. The fourth-order valence-electron chi connectivity index (χ4n) is 2.99. The van der Waals surface area contributed by atoms with Crippen LogP contribution < -0.4 is 14.8 Å². The quantitative estimate of drug-likeness (QED) is 0.377. The van der Waals surface area contributed by atoms with E-state index in [9.17, 15) is 9.90 Å². The second-order valence-electron chi connectivity index (χ2n) is 6.93. The van der Waals surface area contributed by atoms with Crippen molar-refractivity contribution in [2.75, 3.05) is 11.9 Å². The number of aryl methyl sites for hydroxylation is 1. The predicted octanol–water partition coefficient (Wildman–Crippen LogP) is 6.59.